The van der Waals surface area contributed by atoms with Gasteiger partial charge in [0.05, 0.1) is 17.9 Å². The number of nitrogens with zero attached hydrogens (tertiary/aromatic N) is 2. The molecule has 1 aliphatic heterocycles. The average Bonchev–Trinajstić information content (AvgIpc) is 2.79. The summed E-state index contributed by atoms with van der Waals surface area (Å²) in [5, 5.41) is 0. The van der Waals surface area contributed by atoms with Crippen molar-refractivity contribution in [2.75, 3.05) is 22.9 Å². The first-order chi connectivity index (χ1) is 13.6. The van der Waals surface area contributed by atoms with Crippen LogP contribution in [-0.2, 0) is 9.59 Å². The number of Topliss-reactive ketones (excluding diaryl/α,β-unsaturated/α-hetero) is 1. The molecule has 3 rings (SSSR count). The van der Waals surface area contributed by atoms with Gasteiger partial charge < -0.3 is 21.3 Å². The number of primary amides is 2. The molecule has 0 saturated heterocycles. The highest BCUT2D eigenvalue weighted by molar-refractivity contribution is 6.03. The molecule has 0 atom stereocenters. The molecule has 4 N–H and O–H groups in total. The van der Waals surface area contributed by atoms with E-state index in [2.05, 4.69) is 22.4 Å². The Kier molecular flexibility index (Phi) is 7.65. The van der Waals surface area contributed by atoms with Crippen LogP contribution < -0.4 is 21.3 Å². The maximum atomic E-state index is 12.8. The van der Waals surface area contributed by atoms with Crippen LogP contribution in [0.25, 0.3) is 0 Å². The molecule has 29 heavy (non-hydrogen) atoms. The number of urea groups is 1. The van der Waals surface area contributed by atoms with Gasteiger partial charge in [-0.3, -0.25) is 9.59 Å². The van der Waals surface area contributed by atoms with Gasteiger partial charge in [0.1, 0.15) is 0 Å². The minimum atomic E-state index is -0.833. The fourth-order valence-corrected chi connectivity index (χ4v) is 3.87. The van der Waals surface area contributed by atoms with Crippen molar-refractivity contribution in [1.82, 2.24) is 0 Å². The summed E-state index contributed by atoms with van der Waals surface area (Å²) in [7, 11) is 0. The summed E-state index contributed by atoms with van der Waals surface area (Å²) in [6, 6.07) is 7.78. The number of anilines is 2. The number of carbonyl (C=O) groups excluding carboxylic acids is 3. The zero-order valence-corrected chi connectivity index (χ0v) is 17.8. The Morgan fingerprint density at radius 1 is 1.07 bits per heavy atom. The number of ketones is 1. The molecule has 1 heterocycles. The monoisotopic (exact) mass is 406 g/mol. The molecule has 1 aromatic rings. The third-order valence-corrected chi connectivity index (χ3v) is 5.50. The summed E-state index contributed by atoms with van der Waals surface area (Å²) in [4.78, 5) is 38.5. The summed E-state index contributed by atoms with van der Waals surface area (Å²) in [6.07, 6.45) is 6.72. The van der Waals surface area contributed by atoms with Gasteiger partial charge in [-0.25, -0.2) is 4.79 Å². The highest BCUT2D eigenvalue weighted by Gasteiger charge is 2.33. The van der Waals surface area contributed by atoms with Crippen LogP contribution in [0.3, 0.4) is 0 Å². The van der Waals surface area contributed by atoms with Crippen molar-refractivity contribution in [3.8, 4) is 0 Å². The van der Waals surface area contributed by atoms with E-state index >= 15 is 0 Å². The van der Waals surface area contributed by atoms with Crippen LogP contribution in [0.5, 0.6) is 0 Å². The number of nitrogens with two attached hydrogens (primary N) is 2. The van der Waals surface area contributed by atoms with Crippen molar-refractivity contribution < 1.29 is 17.2 Å². The molecule has 0 aromatic heterocycles. The van der Waals surface area contributed by atoms with Gasteiger partial charge in [-0.2, -0.15) is 0 Å². The quantitative estimate of drug-likeness (QED) is 0.797. The van der Waals surface area contributed by atoms with Crippen LogP contribution in [0.4, 0.5) is 16.2 Å². The van der Waals surface area contributed by atoms with E-state index < -0.39 is 11.4 Å². The van der Waals surface area contributed by atoms with Crippen molar-refractivity contribution >= 4 is 29.1 Å². The molecular weight excluding hydrogens is 368 g/mol. The predicted molar refractivity (Wildman–Crippen MR) is 120 cm³/mol. The van der Waals surface area contributed by atoms with E-state index in [0.717, 1.165) is 17.9 Å². The summed E-state index contributed by atoms with van der Waals surface area (Å²) in [6.45, 7) is 6.66. The zero-order chi connectivity index (χ0) is 21.6. The van der Waals surface area contributed by atoms with Crippen LogP contribution in [0, 0.1) is 5.41 Å². The van der Waals surface area contributed by atoms with E-state index in [1.807, 2.05) is 39.0 Å². The van der Waals surface area contributed by atoms with Gasteiger partial charge in [-0.15, -0.1) is 0 Å². The molecule has 1 fully saturated rings. The van der Waals surface area contributed by atoms with Crippen LogP contribution in [0.2, 0.25) is 0 Å². The fraction of sp³-hybridized carbons (Fsp3) is 0.591. The van der Waals surface area contributed by atoms with Crippen molar-refractivity contribution in [1.29, 1.82) is 0 Å². The van der Waals surface area contributed by atoms with Crippen LogP contribution in [0.15, 0.2) is 24.3 Å². The summed E-state index contributed by atoms with van der Waals surface area (Å²) < 4.78 is 0. The average molecular weight is 407 g/mol. The molecule has 0 unspecified atom stereocenters. The summed E-state index contributed by atoms with van der Waals surface area (Å²) in [5.74, 6) is 0.158. The first-order valence-electron chi connectivity index (χ1n) is 10.4. The van der Waals surface area contributed by atoms with Crippen molar-refractivity contribution in [3.05, 3.63) is 24.3 Å². The van der Waals surface area contributed by atoms with Crippen LogP contribution in [-0.4, -0.2) is 36.9 Å². The molecular formula is C22H38N4O3. The zero-order valence-electron chi connectivity index (χ0n) is 17.8. The first kappa shape index (κ1) is 22.7. The maximum absolute atomic E-state index is 12.8. The Morgan fingerprint density at radius 2 is 1.62 bits per heavy atom. The second-order valence-corrected chi connectivity index (χ2v) is 8.78. The second kappa shape index (κ2) is 9.76. The van der Waals surface area contributed by atoms with Gasteiger partial charge in [-0.05, 0) is 25.0 Å². The molecule has 0 radical (unpaired) electrons. The first-order valence-corrected chi connectivity index (χ1v) is 10.4. The van der Waals surface area contributed by atoms with E-state index in [0.29, 0.717) is 12.5 Å². The van der Waals surface area contributed by atoms with Crippen molar-refractivity contribution in [3.63, 3.8) is 0 Å². The number of para-hydroxylation sites is 2. The number of hydrogen-bond acceptors (Lipinski definition) is 4. The minimum absolute atomic E-state index is 0. The second-order valence-electron chi connectivity index (χ2n) is 8.78. The molecule has 1 saturated carbocycles. The van der Waals surface area contributed by atoms with E-state index in [4.69, 9.17) is 4.79 Å². The lowest BCUT2D eigenvalue weighted by molar-refractivity contribution is -0.127. The Bertz CT molecular complexity index is 743. The summed E-state index contributed by atoms with van der Waals surface area (Å²) >= 11 is 0. The lowest BCUT2D eigenvalue weighted by Crippen LogP contribution is -2.39. The molecule has 7 heteroatoms. The lowest BCUT2D eigenvalue weighted by atomic mass is 9.90. The van der Waals surface area contributed by atoms with Crippen LogP contribution >= 0.6 is 0 Å². The Labute approximate surface area is 176 Å². The SMILES string of the molecule is CC(C)(C)C(=O)CN1C(=O)CCN(C2CCCCC2)c2ccccc21.NC(N)=O.[HH].[HH]. The predicted octanol–water partition coefficient (Wildman–Crippen LogP) is 3.69. The standard InChI is InChI=1S/C21H30N2O2.CH4N2O.2H2/c1-21(2,3)19(24)15-23-18-12-8-7-11-17(18)22(14-13-20(23)25)16-9-5-4-6-10-16;2-1(3)4;;/h7-8,11-12,16H,4-6,9-10,13-15H2,1-3H3;(H4,2,3,4);2*1H. The van der Waals surface area contributed by atoms with Gasteiger partial charge >= 0.3 is 6.03 Å². The molecule has 164 valence electrons. The number of hydrogen-bond donors (Lipinski definition) is 2. The van der Waals surface area contributed by atoms with Crippen LogP contribution in [0.1, 0.15) is 62.1 Å². The van der Waals surface area contributed by atoms with Gasteiger partial charge in [0, 0.05) is 27.3 Å². The molecule has 2 aliphatic rings. The lowest BCUT2D eigenvalue weighted by Gasteiger charge is -2.36. The van der Waals surface area contributed by atoms with Crippen molar-refractivity contribution in [2.24, 2.45) is 16.9 Å². The van der Waals surface area contributed by atoms with E-state index in [9.17, 15) is 9.59 Å². The van der Waals surface area contributed by atoms with E-state index in [1.54, 1.807) is 4.90 Å². The van der Waals surface area contributed by atoms with E-state index in [1.165, 1.54) is 32.1 Å². The number of fused-ring (bicyclic) bond motifs is 1. The summed E-state index contributed by atoms with van der Waals surface area (Å²) in [5.41, 5.74) is 10.1. The van der Waals surface area contributed by atoms with Gasteiger partial charge in [-0.1, -0.05) is 52.2 Å². The number of rotatable bonds is 3. The van der Waals surface area contributed by atoms with E-state index in [-0.39, 0.29) is 21.1 Å². The molecule has 7 nitrogen and oxygen atoms in total. The number of benzene rings is 1. The normalized spacial score (nSPS) is 17.7. The molecule has 1 aliphatic carbocycles. The Morgan fingerprint density at radius 3 is 2.17 bits per heavy atom. The highest BCUT2D eigenvalue weighted by atomic mass is 16.2. The Balaban J connectivity index is 0.00000138. The molecule has 1 aromatic carbocycles. The third-order valence-electron chi connectivity index (χ3n) is 5.50. The van der Waals surface area contributed by atoms with Gasteiger partial charge in [0.25, 0.3) is 0 Å². The third kappa shape index (κ3) is 6.21. The van der Waals surface area contributed by atoms with Gasteiger partial charge in [0.15, 0.2) is 5.78 Å². The topological polar surface area (TPSA) is 110 Å². The largest absolute Gasteiger partial charge is 0.366 e. The van der Waals surface area contributed by atoms with Crippen molar-refractivity contribution in [2.45, 2.75) is 65.3 Å². The minimum Gasteiger partial charge on any atom is -0.366 e. The molecule has 0 bridgehead atoms. The number of amides is 3. The smallest absolute Gasteiger partial charge is 0.309 e. The Hall–Kier alpha value is -2.57. The van der Waals surface area contributed by atoms with Gasteiger partial charge in [0.2, 0.25) is 5.91 Å². The highest BCUT2D eigenvalue weighted by Crippen LogP contribution is 2.37. The molecule has 3 amide bonds. The fourth-order valence-electron chi connectivity index (χ4n) is 3.87. The maximum Gasteiger partial charge on any atom is 0.309 e. The molecule has 0 spiro atoms. The number of carbonyl (C=O) groups is 3.